The van der Waals surface area contributed by atoms with Crippen LogP contribution in [0.5, 0.6) is 0 Å². The molecule has 0 bridgehead atoms. The lowest BCUT2D eigenvalue weighted by Crippen LogP contribution is -2.09. The molecule has 1 aliphatic rings. The third-order valence-electron chi connectivity index (χ3n) is 3.07. The molecule has 0 unspecified atom stereocenters. The van der Waals surface area contributed by atoms with Crippen LogP contribution in [0, 0.1) is 6.92 Å². The molecule has 0 amide bonds. The Labute approximate surface area is 106 Å². The van der Waals surface area contributed by atoms with E-state index in [1.54, 1.807) is 11.3 Å². The molecule has 0 aromatic carbocycles. The van der Waals surface area contributed by atoms with Gasteiger partial charge in [-0.2, -0.15) is 11.3 Å². The summed E-state index contributed by atoms with van der Waals surface area (Å²) in [5.74, 6) is 1.04. The Hall–Kier alpha value is -1.29. The standard InChI is InChI=1S/C13H17N3S/c1-10-8-16(12-2-3-12)13(15-10)14-6-4-11-5-7-17-9-11/h5,7-9,12H,2-4,6H2,1H3,(H,14,15). The minimum atomic E-state index is 0.694. The summed E-state index contributed by atoms with van der Waals surface area (Å²) in [6.07, 6.45) is 5.83. The van der Waals surface area contributed by atoms with Crippen molar-refractivity contribution in [3.05, 3.63) is 34.3 Å². The maximum Gasteiger partial charge on any atom is 0.203 e. The predicted molar refractivity (Wildman–Crippen MR) is 71.7 cm³/mol. The highest BCUT2D eigenvalue weighted by molar-refractivity contribution is 7.07. The summed E-state index contributed by atoms with van der Waals surface area (Å²) in [5, 5.41) is 7.79. The van der Waals surface area contributed by atoms with Crippen molar-refractivity contribution in [2.75, 3.05) is 11.9 Å². The van der Waals surface area contributed by atoms with Gasteiger partial charge in [-0.05, 0) is 48.6 Å². The van der Waals surface area contributed by atoms with Crippen LogP contribution in [0.25, 0.3) is 0 Å². The second-order valence-corrected chi connectivity index (χ2v) is 5.43. The highest BCUT2D eigenvalue weighted by atomic mass is 32.1. The Morgan fingerprint density at radius 1 is 1.53 bits per heavy atom. The molecule has 1 saturated carbocycles. The van der Waals surface area contributed by atoms with E-state index in [9.17, 15) is 0 Å². The molecule has 0 atom stereocenters. The van der Waals surface area contributed by atoms with Crippen LogP contribution in [0.15, 0.2) is 23.0 Å². The van der Waals surface area contributed by atoms with Gasteiger partial charge >= 0.3 is 0 Å². The van der Waals surface area contributed by atoms with E-state index in [1.165, 1.54) is 18.4 Å². The average molecular weight is 247 g/mol. The molecular formula is C13H17N3S. The van der Waals surface area contributed by atoms with Crippen molar-refractivity contribution in [3.63, 3.8) is 0 Å². The molecule has 0 saturated heterocycles. The molecule has 90 valence electrons. The van der Waals surface area contributed by atoms with Gasteiger partial charge in [0.1, 0.15) is 0 Å². The largest absolute Gasteiger partial charge is 0.355 e. The molecule has 4 heteroatoms. The SMILES string of the molecule is Cc1cn(C2CC2)c(NCCc2ccsc2)n1. The number of imidazole rings is 1. The molecule has 3 nitrogen and oxygen atoms in total. The molecule has 2 aromatic heterocycles. The molecule has 1 N–H and O–H groups in total. The number of nitrogens with one attached hydrogen (secondary N) is 1. The normalized spacial score (nSPS) is 15.1. The first kappa shape index (κ1) is 10.8. The lowest BCUT2D eigenvalue weighted by molar-refractivity contribution is 0.742. The summed E-state index contributed by atoms with van der Waals surface area (Å²) in [7, 11) is 0. The Kier molecular flexibility index (Phi) is 2.89. The van der Waals surface area contributed by atoms with Gasteiger partial charge in [0.05, 0.1) is 5.69 Å². The Bertz CT molecular complexity index is 483. The van der Waals surface area contributed by atoms with Crippen LogP contribution in [-0.2, 0) is 6.42 Å². The van der Waals surface area contributed by atoms with Gasteiger partial charge in [-0.25, -0.2) is 4.98 Å². The number of thiophene rings is 1. The highest BCUT2D eigenvalue weighted by Gasteiger charge is 2.25. The van der Waals surface area contributed by atoms with Crippen molar-refractivity contribution in [2.45, 2.75) is 32.2 Å². The zero-order valence-electron chi connectivity index (χ0n) is 10.0. The highest BCUT2D eigenvalue weighted by Crippen LogP contribution is 2.37. The predicted octanol–water partition coefficient (Wildman–Crippen LogP) is 3.24. The zero-order valence-corrected chi connectivity index (χ0v) is 10.8. The van der Waals surface area contributed by atoms with Crippen molar-refractivity contribution in [1.82, 2.24) is 9.55 Å². The first-order valence-corrected chi connectivity index (χ1v) is 7.07. The van der Waals surface area contributed by atoms with E-state index in [2.05, 4.69) is 44.8 Å². The molecule has 0 aliphatic heterocycles. The Morgan fingerprint density at radius 3 is 3.12 bits per heavy atom. The second-order valence-electron chi connectivity index (χ2n) is 4.65. The van der Waals surface area contributed by atoms with E-state index in [0.717, 1.165) is 24.6 Å². The smallest absolute Gasteiger partial charge is 0.203 e. The maximum atomic E-state index is 4.55. The van der Waals surface area contributed by atoms with Gasteiger partial charge in [-0.15, -0.1) is 0 Å². The lowest BCUT2D eigenvalue weighted by Gasteiger charge is -2.07. The molecule has 2 aromatic rings. The van der Waals surface area contributed by atoms with Gasteiger partial charge in [0, 0.05) is 18.8 Å². The molecular weight excluding hydrogens is 230 g/mol. The number of hydrogen-bond donors (Lipinski definition) is 1. The van der Waals surface area contributed by atoms with E-state index < -0.39 is 0 Å². The van der Waals surface area contributed by atoms with E-state index in [0.29, 0.717) is 6.04 Å². The maximum absolute atomic E-state index is 4.55. The van der Waals surface area contributed by atoms with Gasteiger partial charge < -0.3 is 9.88 Å². The topological polar surface area (TPSA) is 29.9 Å². The molecule has 0 spiro atoms. The van der Waals surface area contributed by atoms with Crippen LogP contribution < -0.4 is 5.32 Å². The van der Waals surface area contributed by atoms with E-state index in [-0.39, 0.29) is 0 Å². The van der Waals surface area contributed by atoms with Gasteiger partial charge in [0.2, 0.25) is 5.95 Å². The van der Waals surface area contributed by atoms with Crippen LogP contribution >= 0.6 is 11.3 Å². The molecule has 1 fully saturated rings. The summed E-state index contributed by atoms with van der Waals surface area (Å²) < 4.78 is 2.29. The van der Waals surface area contributed by atoms with Crippen LogP contribution in [0.1, 0.15) is 30.1 Å². The Balaban J connectivity index is 1.60. The first-order valence-electron chi connectivity index (χ1n) is 6.13. The van der Waals surface area contributed by atoms with Gasteiger partial charge in [-0.3, -0.25) is 0 Å². The summed E-state index contributed by atoms with van der Waals surface area (Å²) >= 11 is 1.76. The minimum absolute atomic E-state index is 0.694. The summed E-state index contributed by atoms with van der Waals surface area (Å²) in [6, 6.07) is 2.88. The van der Waals surface area contributed by atoms with E-state index in [1.807, 2.05) is 0 Å². The second kappa shape index (κ2) is 4.53. The third kappa shape index (κ3) is 2.52. The lowest BCUT2D eigenvalue weighted by atomic mass is 10.2. The van der Waals surface area contributed by atoms with Crippen molar-refractivity contribution >= 4 is 17.3 Å². The van der Waals surface area contributed by atoms with Crippen LogP contribution in [0.3, 0.4) is 0 Å². The fourth-order valence-electron chi connectivity index (χ4n) is 2.03. The summed E-state index contributed by atoms with van der Waals surface area (Å²) in [5.41, 5.74) is 2.51. The fourth-order valence-corrected chi connectivity index (χ4v) is 2.73. The molecule has 0 radical (unpaired) electrons. The molecule has 2 heterocycles. The van der Waals surface area contributed by atoms with E-state index in [4.69, 9.17) is 0 Å². The molecule has 1 aliphatic carbocycles. The van der Waals surface area contributed by atoms with Crippen molar-refractivity contribution < 1.29 is 0 Å². The minimum Gasteiger partial charge on any atom is -0.355 e. The van der Waals surface area contributed by atoms with Crippen LogP contribution in [0.4, 0.5) is 5.95 Å². The quantitative estimate of drug-likeness (QED) is 0.879. The van der Waals surface area contributed by atoms with Crippen molar-refractivity contribution in [3.8, 4) is 0 Å². The number of rotatable bonds is 5. The zero-order chi connectivity index (χ0) is 11.7. The van der Waals surface area contributed by atoms with E-state index >= 15 is 0 Å². The molecule has 3 rings (SSSR count). The fraction of sp³-hybridized carbons (Fsp3) is 0.462. The van der Waals surface area contributed by atoms with Crippen molar-refractivity contribution in [1.29, 1.82) is 0 Å². The van der Waals surface area contributed by atoms with Crippen molar-refractivity contribution in [2.24, 2.45) is 0 Å². The number of nitrogens with zero attached hydrogens (tertiary/aromatic N) is 2. The number of aromatic nitrogens is 2. The monoisotopic (exact) mass is 247 g/mol. The number of hydrogen-bond acceptors (Lipinski definition) is 3. The van der Waals surface area contributed by atoms with Gasteiger partial charge in [-0.1, -0.05) is 0 Å². The van der Waals surface area contributed by atoms with Crippen LogP contribution in [-0.4, -0.2) is 16.1 Å². The third-order valence-corrected chi connectivity index (χ3v) is 3.80. The molecule has 17 heavy (non-hydrogen) atoms. The number of anilines is 1. The summed E-state index contributed by atoms with van der Waals surface area (Å²) in [6.45, 7) is 3.02. The van der Waals surface area contributed by atoms with Crippen LogP contribution in [0.2, 0.25) is 0 Å². The Morgan fingerprint density at radius 2 is 2.41 bits per heavy atom. The summed E-state index contributed by atoms with van der Waals surface area (Å²) in [4.78, 5) is 4.55. The average Bonchev–Trinajstić information content (AvgIpc) is 2.90. The van der Waals surface area contributed by atoms with Gasteiger partial charge in [0.25, 0.3) is 0 Å². The van der Waals surface area contributed by atoms with Gasteiger partial charge in [0.15, 0.2) is 0 Å². The number of aryl methyl sites for hydroxylation is 1. The first-order chi connectivity index (χ1) is 8.33.